The molecule has 0 radical (unpaired) electrons. The molecule has 0 amide bonds. The van der Waals surface area contributed by atoms with Gasteiger partial charge in [0.15, 0.2) is 8.32 Å². The van der Waals surface area contributed by atoms with Crippen molar-refractivity contribution < 1.29 is 9.16 Å². The average Bonchev–Trinajstić information content (AvgIpc) is 2.49. The SMILES string of the molecule is C=C(C)CO[C@H]1C=CCCC[C@H]1O[Si](C)(C)C(C)(C)C. The summed E-state index contributed by atoms with van der Waals surface area (Å²) in [5.74, 6) is 0. The summed E-state index contributed by atoms with van der Waals surface area (Å²) in [4.78, 5) is 0. The van der Waals surface area contributed by atoms with Gasteiger partial charge in [-0.3, -0.25) is 0 Å². The van der Waals surface area contributed by atoms with Crippen LogP contribution in [0.5, 0.6) is 0 Å². The van der Waals surface area contributed by atoms with E-state index in [9.17, 15) is 0 Å². The van der Waals surface area contributed by atoms with Crippen LogP contribution in [0, 0.1) is 0 Å². The molecule has 0 aliphatic heterocycles. The Kier molecular flexibility index (Phi) is 6.23. The van der Waals surface area contributed by atoms with Gasteiger partial charge in [0.25, 0.3) is 0 Å². The molecule has 1 aliphatic carbocycles. The maximum absolute atomic E-state index is 6.60. The van der Waals surface area contributed by atoms with Crippen molar-refractivity contribution in [1.29, 1.82) is 0 Å². The highest BCUT2D eigenvalue weighted by atomic mass is 28.4. The summed E-state index contributed by atoms with van der Waals surface area (Å²) in [5.41, 5.74) is 1.06. The predicted molar refractivity (Wildman–Crippen MR) is 89.6 cm³/mol. The van der Waals surface area contributed by atoms with E-state index in [0.29, 0.717) is 6.61 Å². The average molecular weight is 297 g/mol. The third-order valence-electron chi connectivity index (χ3n) is 4.33. The van der Waals surface area contributed by atoms with Gasteiger partial charge in [0.2, 0.25) is 0 Å². The fraction of sp³-hybridized carbons (Fsp3) is 0.765. The van der Waals surface area contributed by atoms with Crippen molar-refractivity contribution in [2.75, 3.05) is 6.61 Å². The highest BCUT2D eigenvalue weighted by Gasteiger charge is 2.40. The van der Waals surface area contributed by atoms with E-state index < -0.39 is 8.32 Å². The Bertz CT molecular complexity index is 352. The third-order valence-corrected chi connectivity index (χ3v) is 8.83. The molecule has 0 saturated carbocycles. The maximum atomic E-state index is 6.60. The first kappa shape index (κ1) is 17.7. The van der Waals surface area contributed by atoms with Gasteiger partial charge in [-0.25, -0.2) is 0 Å². The summed E-state index contributed by atoms with van der Waals surface area (Å²) in [6.45, 7) is 18.0. The molecule has 0 fully saturated rings. The van der Waals surface area contributed by atoms with E-state index in [1.807, 2.05) is 6.92 Å². The highest BCUT2D eigenvalue weighted by Crippen LogP contribution is 2.38. The zero-order valence-electron chi connectivity index (χ0n) is 14.2. The van der Waals surface area contributed by atoms with Gasteiger partial charge in [-0.1, -0.05) is 45.1 Å². The van der Waals surface area contributed by atoms with E-state index in [0.717, 1.165) is 18.4 Å². The second-order valence-electron chi connectivity index (χ2n) is 7.51. The Morgan fingerprint density at radius 2 is 2.00 bits per heavy atom. The molecule has 1 rings (SSSR count). The molecule has 2 atom stereocenters. The molecule has 3 heteroatoms. The van der Waals surface area contributed by atoms with Crippen LogP contribution in [0.15, 0.2) is 24.3 Å². The molecule has 0 aromatic heterocycles. The predicted octanol–water partition coefficient (Wildman–Crippen LogP) is 5.08. The molecular formula is C17H32O2Si. The van der Waals surface area contributed by atoms with Crippen molar-refractivity contribution >= 4 is 8.32 Å². The van der Waals surface area contributed by atoms with E-state index in [-0.39, 0.29) is 17.2 Å². The maximum Gasteiger partial charge on any atom is 0.192 e. The lowest BCUT2D eigenvalue weighted by atomic mass is 10.1. The Balaban J connectivity index is 2.77. The first-order valence-corrected chi connectivity index (χ1v) is 10.6. The van der Waals surface area contributed by atoms with Crippen LogP contribution >= 0.6 is 0 Å². The standard InChI is InChI=1S/C17H32O2Si/c1-14(2)13-18-15-11-9-8-10-12-16(15)19-20(6,7)17(3,4)5/h9,11,15-16H,1,8,10,12-13H2,2-7H3/t15-,16+/m0/s1. The van der Waals surface area contributed by atoms with E-state index in [2.05, 4.69) is 52.6 Å². The molecule has 1 aliphatic rings. The molecule has 0 aromatic carbocycles. The van der Waals surface area contributed by atoms with Crippen LogP contribution in [0.3, 0.4) is 0 Å². The zero-order valence-corrected chi connectivity index (χ0v) is 15.2. The topological polar surface area (TPSA) is 18.5 Å². The second-order valence-corrected chi connectivity index (χ2v) is 12.3. The van der Waals surface area contributed by atoms with Gasteiger partial charge in [0.1, 0.15) is 6.10 Å². The van der Waals surface area contributed by atoms with Crippen molar-refractivity contribution in [3.8, 4) is 0 Å². The smallest absolute Gasteiger partial charge is 0.192 e. The quantitative estimate of drug-likeness (QED) is 0.520. The number of rotatable bonds is 5. The lowest BCUT2D eigenvalue weighted by molar-refractivity contribution is 0.00334. The number of allylic oxidation sites excluding steroid dienone is 1. The molecule has 0 unspecified atom stereocenters. The van der Waals surface area contributed by atoms with Gasteiger partial charge in [0, 0.05) is 0 Å². The Morgan fingerprint density at radius 3 is 2.55 bits per heavy atom. The lowest BCUT2D eigenvalue weighted by Gasteiger charge is -2.40. The second kappa shape index (κ2) is 7.06. The zero-order chi connectivity index (χ0) is 15.4. The van der Waals surface area contributed by atoms with Gasteiger partial charge in [-0.15, -0.1) is 0 Å². The van der Waals surface area contributed by atoms with Crippen LogP contribution in [-0.4, -0.2) is 27.1 Å². The van der Waals surface area contributed by atoms with E-state index >= 15 is 0 Å². The summed E-state index contributed by atoms with van der Waals surface area (Å²) < 4.78 is 12.6. The highest BCUT2D eigenvalue weighted by molar-refractivity contribution is 6.74. The van der Waals surface area contributed by atoms with E-state index in [1.54, 1.807) is 0 Å². The van der Waals surface area contributed by atoms with Crippen LogP contribution in [0.1, 0.15) is 47.0 Å². The van der Waals surface area contributed by atoms with Crippen molar-refractivity contribution in [1.82, 2.24) is 0 Å². The summed E-state index contributed by atoms with van der Waals surface area (Å²) in [5, 5.41) is 0.238. The monoisotopic (exact) mass is 296 g/mol. The Hall–Kier alpha value is -0.383. The van der Waals surface area contributed by atoms with E-state index in [1.165, 1.54) is 6.42 Å². The first-order chi connectivity index (χ1) is 9.13. The fourth-order valence-electron chi connectivity index (χ4n) is 2.04. The van der Waals surface area contributed by atoms with Gasteiger partial charge < -0.3 is 9.16 Å². The molecule has 116 valence electrons. The Morgan fingerprint density at radius 1 is 1.35 bits per heavy atom. The van der Waals surface area contributed by atoms with Crippen LogP contribution in [0.2, 0.25) is 18.1 Å². The largest absolute Gasteiger partial charge is 0.411 e. The van der Waals surface area contributed by atoms with Crippen molar-refractivity contribution in [3.05, 3.63) is 24.3 Å². The molecule has 0 spiro atoms. The number of ether oxygens (including phenoxy) is 1. The summed E-state index contributed by atoms with van der Waals surface area (Å²) in [6.07, 6.45) is 8.08. The normalized spacial score (nSPS) is 24.5. The molecule has 2 nitrogen and oxygen atoms in total. The van der Waals surface area contributed by atoms with Crippen molar-refractivity contribution in [2.45, 2.75) is 77.3 Å². The molecular weight excluding hydrogens is 264 g/mol. The van der Waals surface area contributed by atoms with Crippen LogP contribution in [-0.2, 0) is 9.16 Å². The van der Waals surface area contributed by atoms with Gasteiger partial charge in [0.05, 0.1) is 12.7 Å². The van der Waals surface area contributed by atoms with Gasteiger partial charge in [-0.2, -0.15) is 0 Å². The minimum absolute atomic E-state index is 0.0725. The van der Waals surface area contributed by atoms with Crippen LogP contribution in [0.25, 0.3) is 0 Å². The number of hydrogen-bond acceptors (Lipinski definition) is 2. The number of hydrogen-bond donors (Lipinski definition) is 0. The summed E-state index contributed by atoms with van der Waals surface area (Å²) in [7, 11) is -1.75. The minimum atomic E-state index is -1.75. The fourth-order valence-corrected chi connectivity index (χ4v) is 3.40. The minimum Gasteiger partial charge on any atom is -0.411 e. The molecule has 0 bridgehead atoms. The first-order valence-electron chi connectivity index (χ1n) is 7.74. The Labute approximate surface area is 126 Å². The molecule has 0 aromatic rings. The molecule has 20 heavy (non-hydrogen) atoms. The van der Waals surface area contributed by atoms with Gasteiger partial charge >= 0.3 is 0 Å². The van der Waals surface area contributed by atoms with Crippen molar-refractivity contribution in [2.24, 2.45) is 0 Å². The lowest BCUT2D eigenvalue weighted by Crippen LogP contribution is -2.47. The molecule has 0 N–H and O–H groups in total. The third kappa shape index (κ3) is 5.19. The van der Waals surface area contributed by atoms with Crippen LogP contribution in [0.4, 0.5) is 0 Å². The van der Waals surface area contributed by atoms with Crippen molar-refractivity contribution in [3.63, 3.8) is 0 Å². The summed E-state index contributed by atoms with van der Waals surface area (Å²) >= 11 is 0. The summed E-state index contributed by atoms with van der Waals surface area (Å²) in [6, 6.07) is 0. The molecule has 0 saturated heterocycles. The van der Waals surface area contributed by atoms with Gasteiger partial charge in [-0.05, 0) is 44.3 Å². The van der Waals surface area contributed by atoms with E-state index in [4.69, 9.17) is 9.16 Å². The van der Waals surface area contributed by atoms with Crippen LogP contribution < -0.4 is 0 Å². The molecule has 0 heterocycles.